The van der Waals surface area contributed by atoms with Crippen molar-refractivity contribution >= 4 is 5.69 Å². The quantitative estimate of drug-likeness (QED) is 0.816. The molecule has 0 saturated heterocycles. The van der Waals surface area contributed by atoms with Crippen LogP contribution in [0.5, 0.6) is 5.75 Å². The molecule has 0 unspecified atom stereocenters. The highest BCUT2D eigenvalue weighted by molar-refractivity contribution is 5.63. The topological polar surface area (TPSA) is 49.5 Å². The summed E-state index contributed by atoms with van der Waals surface area (Å²) >= 11 is 0. The highest BCUT2D eigenvalue weighted by Gasteiger charge is 2.33. The van der Waals surface area contributed by atoms with Crippen LogP contribution in [-0.4, -0.2) is 18.7 Å². The summed E-state index contributed by atoms with van der Waals surface area (Å²) in [5.74, 6) is 0.466. The molecule has 0 atom stereocenters. The Labute approximate surface area is 115 Å². The molecule has 104 valence electrons. The number of aromatic hydroxyl groups is 1. The van der Waals surface area contributed by atoms with Gasteiger partial charge < -0.3 is 15.7 Å². The molecule has 3 rings (SSSR count). The lowest BCUT2D eigenvalue weighted by atomic mass is 9.76. The molecule has 3 heteroatoms. The average Bonchev–Trinajstić information content (AvgIpc) is 2.41. The molecule has 2 aliphatic rings. The normalized spacial score (nSPS) is 22.1. The minimum absolute atomic E-state index is 0.312. The first-order valence-electron chi connectivity index (χ1n) is 7.47. The second-order valence-corrected chi connectivity index (χ2v) is 6.20. The predicted octanol–water partition coefficient (Wildman–Crippen LogP) is 2.89. The van der Waals surface area contributed by atoms with Gasteiger partial charge in [-0.15, -0.1) is 0 Å². The smallest absolute Gasteiger partial charge is 0.125 e. The van der Waals surface area contributed by atoms with Crippen LogP contribution in [0.2, 0.25) is 0 Å². The molecule has 1 aromatic rings. The van der Waals surface area contributed by atoms with Gasteiger partial charge in [0.05, 0.1) is 0 Å². The molecule has 1 aromatic carbocycles. The van der Waals surface area contributed by atoms with Crippen molar-refractivity contribution in [1.82, 2.24) is 0 Å². The van der Waals surface area contributed by atoms with Crippen LogP contribution in [0.15, 0.2) is 12.1 Å². The number of rotatable bonds is 1. The van der Waals surface area contributed by atoms with E-state index < -0.39 is 0 Å². The molecular weight excluding hydrogens is 236 g/mol. The van der Waals surface area contributed by atoms with Crippen molar-refractivity contribution in [1.29, 1.82) is 0 Å². The molecule has 1 aliphatic heterocycles. The van der Waals surface area contributed by atoms with Gasteiger partial charge in [-0.2, -0.15) is 0 Å². The van der Waals surface area contributed by atoms with Crippen molar-refractivity contribution in [3.63, 3.8) is 0 Å². The Morgan fingerprint density at radius 2 is 1.89 bits per heavy atom. The Morgan fingerprint density at radius 1 is 1.16 bits per heavy atom. The van der Waals surface area contributed by atoms with E-state index in [4.69, 9.17) is 5.73 Å². The SMILES string of the molecule is CN1CCCc2c1ccc(C1(N)CCCCC1)c2O. The third-order valence-electron chi connectivity index (χ3n) is 4.87. The zero-order chi connectivity index (χ0) is 13.5. The van der Waals surface area contributed by atoms with E-state index in [9.17, 15) is 5.11 Å². The molecule has 0 radical (unpaired) electrons. The average molecular weight is 260 g/mol. The monoisotopic (exact) mass is 260 g/mol. The summed E-state index contributed by atoms with van der Waals surface area (Å²) in [4.78, 5) is 2.23. The van der Waals surface area contributed by atoms with Gasteiger partial charge in [0, 0.05) is 35.9 Å². The van der Waals surface area contributed by atoms with Crippen LogP contribution in [-0.2, 0) is 12.0 Å². The molecule has 1 fully saturated rings. The summed E-state index contributed by atoms with van der Waals surface area (Å²) in [6, 6.07) is 4.20. The fourth-order valence-electron chi connectivity index (χ4n) is 3.70. The van der Waals surface area contributed by atoms with Gasteiger partial charge in [-0.25, -0.2) is 0 Å². The van der Waals surface area contributed by atoms with E-state index in [0.717, 1.165) is 43.4 Å². The highest BCUT2D eigenvalue weighted by atomic mass is 16.3. The number of hydrogen-bond acceptors (Lipinski definition) is 3. The van der Waals surface area contributed by atoms with Gasteiger partial charge in [-0.05, 0) is 31.7 Å². The number of benzene rings is 1. The highest BCUT2D eigenvalue weighted by Crippen LogP contribution is 2.43. The van der Waals surface area contributed by atoms with Gasteiger partial charge in [0.25, 0.3) is 0 Å². The fourth-order valence-corrected chi connectivity index (χ4v) is 3.70. The van der Waals surface area contributed by atoms with Crippen molar-refractivity contribution in [2.24, 2.45) is 5.73 Å². The number of phenolic OH excluding ortho intramolecular Hbond substituents is 1. The van der Waals surface area contributed by atoms with Crippen LogP contribution in [0.4, 0.5) is 5.69 Å². The number of nitrogens with two attached hydrogens (primary N) is 1. The van der Waals surface area contributed by atoms with Crippen LogP contribution in [0.3, 0.4) is 0 Å². The first-order valence-corrected chi connectivity index (χ1v) is 7.47. The Hall–Kier alpha value is -1.22. The standard InChI is InChI=1S/C16H24N2O/c1-18-11-5-6-12-14(18)8-7-13(15(12)19)16(17)9-3-2-4-10-16/h7-8,19H,2-6,9-11,17H2,1H3. The molecular formula is C16H24N2O. The van der Waals surface area contributed by atoms with Gasteiger partial charge >= 0.3 is 0 Å². The lowest BCUT2D eigenvalue weighted by Gasteiger charge is -2.36. The molecule has 1 saturated carbocycles. The van der Waals surface area contributed by atoms with Gasteiger partial charge in [-0.3, -0.25) is 0 Å². The summed E-state index contributed by atoms with van der Waals surface area (Å²) in [6.45, 7) is 1.07. The number of phenols is 1. The Morgan fingerprint density at radius 3 is 2.63 bits per heavy atom. The van der Waals surface area contributed by atoms with E-state index in [1.165, 1.54) is 24.9 Å². The summed E-state index contributed by atoms with van der Waals surface area (Å²) in [5, 5.41) is 10.7. The maximum absolute atomic E-state index is 10.7. The fraction of sp³-hybridized carbons (Fsp3) is 0.625. The third kappa shape index (κ3) is 2.10. The second-order valence-electron chi connectivity index (χ2n) is 6.20. The minimum atomic E-state index is -0.312. The first kappa shape index (κ1) is 12.8. The summed E-state index contributed by atoms with van der Waals surface area (Å²) in [5.41, 5.74) is 9.51. The van der Waals surface area contributed by atoms with Gasteiger partial charge in [0.15, 0.2) is 0 Å². The molecule has 0 bridgehead atoms. The Bertz CT molecular complexity index is 478. The molecule has 3 N–H and O–H groups in total. The van der Waals surface area contributed by atoms with E-state index >= 15 is 0 Å². The third-order valence-corrected chi connectivity index (χ3v) is 4.87. The van der Waals surface area contributed by atoms with Crippen molar-refractivity contribution < 1.29 is 5.11 Å². The van der Waals surface area contributed by atoms with Crippen molar-refractivity contribution in [3.05, 3.63) is 23.3 Å². The number of anilines is 1. The first-order chi connectivity index (χ1) is 9.12. The maximum atomic E-state index is 10.7. The maximum Gasteiger partial charge on any atom is 0.125 e. The van der Waals surface area contributed by atoms with Crippen LogP contribution in [0, 0.1) is 0 Å². The molecule has 0 spiro atoms. The van der Waals surface area contributed by atoms with E-state index in [1.807, 2.05) is 0 Å². The zero-order valence-electron chi connectivity index (χ0n) is 11.8. The number of hydrogen-bond donors (Lipinski definition) is 2. The Balaban J connectivity index is 2.03. The lowest BCUT2D eigenvalue weighted by molar-refractivity contribution is 0.291. The van der Waals surface area contributed by atoms with Gasteiger partial charge in [0.2, 0.25) is 0 Å². The minimum Gasteiger partial charge on any atom is -0.507 e. The molecule has 0 amide bonds. The van der Waals surface area contributed by atoms with Crippen LogP contribution >= 0.6 is 0 Å². The van der Waals surface area contributed by atoms with E-state index in [0.29, 0.717) is 5.75 Å². The molecule has 1 heterocycles. The summed E-state index contributed by atoms with van der Waals surface area (Å²) in [7, 11) is 2.09. The van der Waals surface area contributed by atoms with Crippen molar-refractivity contribution in [3.8, 4) is 5.75 Å². The zero-order valence-corrected chi connectivity index (χ0v) is 11.8. The number of fused-ring (bicyclic) bond motifs is 1. The van der Waals surface area contributed by atoms with Crippen LogP contribution in [0.25, 0.3) is 0 Å². The largest absolute Gasteiger partial charge is 0.507 e. The summed E-state index contributed by atoms with van der Waals surface area (Å²) in [6.07, 6.45) is 7.69. The van der Waals surface area contributed by atoms with Gasteiger partial charge in [-0.1, -0.05) is 25.3 Å². The van der Waals surface area contributed by atoms with Gasteiger partial charge in [0.1, 0.15) is 5.75 Å². The predicted molar refractivity (Wildman–Crippen MR) is 78.6 cm³/mol. The van der Waals surface area contributed by atoms with E-state index in [-0.39, 0.29) is 5.54 Å². The van der Waals surface area contributed by atoms with Crippen molar-refractivity contribution in [2.45, 2.75) is 50.5 Å². The van der Waals surface area contributed by atoms with Crippen LogP contribution in [0.1, 0.15) is 49.7 Å². The molecule has 0 aromatic heterocycles. The van der Waals surface area contributed by atoms with E-state index in [1.54, 1.807) is 0 Å². The summed E-state index contributed by atoms with van der Waals surface area (Å²) < 4.78 is 0. The molecule has 3 nitrogen and oxygen atoms in total. The lowest BCUT2D eigenvalue weighted by Crippen LogP contribution is -2.39. The Kier molecular flexibility index (Phi) is 3.17. The van der Waals surface area contributed by atoms with E-state index in [2.05, 4.69) is 24.1 Å². The van der Waals surface area contributed by atoms with Crippen molar-refractivity contribution in [2.75, 3.05) is 18.5 Å². The number of nitrogens with zero attached hydrogens (tertiary/aromatic N) is 1. The second kappa shape index (κ2) is 4.71. The molecule has 19 heavy (non-hydrogen) atoms. The molecule has 1 aliphatic carbocycles. The van der Waals surface area contributed by atoms with Crippen LogP contribution < -0.4 is 10.6 Å².